The lowest BCUT2D eigenvalue weighted by molar-refractivity contribution is 1.20. The van der Waals surface area contributed by atoms with Gasteiger partial charge in [-0.3, -0.25) is 0 Å². The van der Waals surface area contributed by atoms with Crippen molar-refractivity contribution in [1.82, 2.24) is 0 Å². The normalized spacial score (nSPS) is 11.4. The molecule has 0 aromatic carbocycles. The highest BCUT2D eigenvalue weighted by Gasteiger charge is 2.00. The fourth-order valence-corrected chi connectivity index (χ4v) is 2.02. The lowest BCUT2D eigenvalue weighted by Crippen LogP contribution is -2.22. The zero-order valence-corrected chi connectivity index (χ0v) is 9.39. The van der Waals surface area contributed by atoms with Gasteiger partial charge in [-0.05, 0) is 35.0 Å². The summed E-state index contributed by atoms with van der Waals surface area (Å²) in [5.74, 6) is -0.0324. The highest BCUT2D eigenvalue weighted by molar-refractivity contribution is 9.11. The molecule has 6 heteroatoms. The van der Waals surface area contributed by atoms with Crippen molar-refractivity contribution in [3.8, 4) is 0 Å². The van der Waals surface area contributed by atoms with Gasteiger partial charge in [0, 0.05) is 0 Å². The molecule has 1 aromatic rings. The van der Waals surface area contributed by atoms with Crippen molar-refractivity contribution in [2.75, 3.05) is 0 Å². The topological polar surface area (TPSA) is 76.8 Å². The molecule has 1 rings (SSSR count). The number of guanidine groups is 1. The van der Waals surface area contributed by atoms with Crippen molar-refractivity contribution >= 4 is 38.9 Å². The lowest BCUT2D eigenvalue weighted by Gasteiger charge is -1.91. The SMILES string of the molecule is C/C(=N/N=C(N)N)c1ccc(Br)s1. The fraction of sp³-hybridized carbons (Fsp3) is 0.143. The number of thiophene rings is 1. The van der Waals surface area contributed by atoms with Gasteiger partial charge in [0.05, 0.1) is 14.4 Å². The van der Waals surface area contributed by atoms with Gasteiger partial charge in [0.1, 0.15) is 0 Å². The molecule has 1 aromatic heterocycles. The van der Waals surface area contributed by atoms with Gasteiger partial charge < -0.3 is 11.5 Å². The average Bonchev–Trinajstić information content (AvgIpc) is 2.47. The Morgan fingerprint density at radius 3 is 2.54 bits per heavy atom. The first-order valence-electron chi connectivity index (χ1n) is 3.48. The van der Waals surface area contributed by atoms with Crippen LogP contribution in [0.3, 0.4) is 0 Å². The van der Waals surface area contributed by atoms with Gasteiger partial charge in [0.15, 0.2) is 0 Å². The molecule has 0 radical (unpaired) electrons. The van der Waals surface area contributed by atoms with Crippen LogP contribution >= 0.6 is 27.3 Å². The second-order valence-electron chi connectivity index (χ2n) is 2.31. The molecule has 0 saturated carbocycles. The predicted molar refractivity (Wildman–Crippen MR) is 60.0 cm³/mol. The first kappa shape index (κ1) is 10.2. The molecule has 0 spiro atoms. The Hall–Kier alpha value is -0.880. The molecule has 0 amide bonds. The molecule has 1 heterocycles. The number of hydrogen-bond acceptors (Lipinski definition) is 3. The highest BCUT2D eigenvalue weighted by Crippen LogP contribution is 2.22. The van der Waals surface area contributed by atoms with Crippen LogP contribution < -0.4 is 11.5 Å². The zero-order chi connectivity index (χ0) is 9.84. The molecule has 4 nitrogen and oxygen atoms in total. The van der Waals surface area contributed by atoms with Gasteiger partial charge in [0.2, 0.25) is 5.96 Å². The molecule has 0 unspecified atom stereocenters. The number of halogens is 1. The third-order valence-corrected chi connectivity index (χ3v) is 2.98. The summed E-state index contributed by atoms with van der Waals surface area (Å²) in [6.07, 6.45) is 0. The van der Waals surface area contributed by atoms with Crippen LogP contribution in [0.5, 0.6) is 0 Å². The van der Waals surface area contributed by atoms with Gasteiger partial charge in [-0.2, -0.15) is 5.10 Å². The monoisotopic (exact) mass is 260 g/mol. The maximum atomic E-state index is 5.14. The summed E-state index contributed by atoms with van der Waals surface area (Å²) in [5.41, 5.74) is 11.1. The molecule has 0 aliphatic rings. The van der Waals surface area contributed by atoms with E-state index in [2.05, 4.69) is 26.1 Å². The van der Waals surface area contributed by atoms with Gasteiger partial charge in [-0.25, -0.2) is 0 Å². The van der Waals surface area contributed by atoms with E-state index in [1.165, 1.54) is 0 Å². The van der Waals surface area contributed by atoms with Crippen LogP contribution in [0.15, 0.2) is 26.1 Å². The van der Waals surface area contributed by atoms with Gasteiger partial charge in [-0.1, -0.05) is 0 Å². The molecule has 0 fully saturated rings. The molecule has 0 bridgehead atoms. The number of nitrogens with two attached hydrogens (primary N) is 2. The van der Waals surface area contributed by atoms with Gasteiger partial charge in [0.25, 0.3) is 0 Å². The highest BCUT2D eigenvalue weighted by atomic mass is 79.9. The second kappa shape index (κ2) is 4.38. The van der Waals surface area contributed by atoms with Crippen LogP contribution in [0.2, 0.25) is 0 Å². The third-order valence-electron chi connectivity index (χ3n) is 1.25. The van der Waals surface area contributed by atoms with Crippen LogP contribution in [0.4, 0.5) is 0 Å². The predicted octanol–water partition coefficient (Wildman–Crippen LogP) is 1.51. The second-order valence-corrected chi connectivity index (χ2v) is 4.78. The van der Waals surface area contributed by atoms with Crippen LogP contribution in [0.25, 0.3) is 0 Å². The minimum Gasteiger partial charge on any atom is -0.369 e. The maximum Gasteiger partial charge on any atom is 0.211 e. The third kappa shape index (κ3) is 3.16. The molecule has 0 aliphatic carbocycles. The van der Waals surface area contributed by atoms with Gasteiger partial charge >= 0.3 is 0 Å². The average molecular weight is 261 g/mol. The van der Waals surface area contributed by atoms with Crippen LogP contribution in [-0.4, -0.2) is 11.7 Å². The van der Waals surface area contributed by atoms with E-state index in [4.69, 9.17) is 11.5 Å². The summed E-state index contributed by atoms with van der Waals surface area (Å²) in [5, 5.41) is 7.41. The van der Waals surface area contributed by atoms with E-state index in [1.54, 1.807) is 11.3 Å². The molecule has 0 atom stereocenters. The minimum atomic E-state index is -0.0324. The van der Waals surface area contributed by atoms with Crippen molar-refractivity contribution in [2.24, 2.45) is 21.7 Å². The molecule has 13 heavy (non-hydrogen) atoms. The Balaban J connectivity index is 2.85. The molecule has 70 valence electrons. The lowest BCUT2D eigenvalue weighted by atomic mass is 10.3. The first-order chi connectivity index (χ1) is 6.09. The summed E-state index contributed by atoms with van der Waals surface area (Å²) in [6, 6.07) is 3.91. The summed E-state index contributed by atoms with van der Waals surface area (Å²) >= 11 is 4.94. The number of rotatable bonds is 2. The van der Waals surface area contributed by atoms with Crippen LogP contribution in [0.1, 0.15) is 11.8 Å². The Labute approximate surface area is 88.5 Å². The largest absolute Gasteiger partial charge is 0.369 e. The molecule has 0 aliphatic heterocycles. The summed E-state index contributed by atoms with van der Waals surface area (Å²) in [7, 11) is 0. The molecular weight excluding hydrogens is 252 g/mol. The first-order valence-corrected chi connectivity index (χ1v) is 5.09. The smallest absolute Gasteiger partial charge is 0.211 e. The van der Waals surface area contributed by atoms with E-state index in [0.717, 1.165) is 14.4 Å². The van der Waals surface area contributed by atoms with E-state index >= 15 is 0 Å². The van der Waals surface area contributed by atoms with Crippen molar-refractivity contribution in [2.45, 2.75) is 6.92 Å². The summed E-state index contributed by atoms with van der Waals surface area (Å²) in [4.78, 5) is 1.04. The van der Waals surface area contributed by atoms with Gasteiger partial charge in [-0.15, -0.1) is 16.4 Å². The fourth-order valence-electron chi connectivity index (χ4n) is 0.691. The minimum absolute atomic E-state index is 0.0324. The van der Waals surface area contributed by atoms with Crippen molar-refractivity contribution in [1.29, 1.82) is 0 Å². The quantitative estimate of drug-likeness (QED) is 0.481. The van der Waals surface area contributed by atoms with Crippen molar-refractivity contribution < 1.29 is 0 Å². The van der Waals surface area contributed by atoms with Crippen molar-refractivity contribution in [3.05, 3.63) is 20.8 Å². The van der Waals surface area contributed by atoms with E-state index in [-0.39, 0.29) is 5.96 Å². The standard InChI is InChI=1S/C7H9BrN4S/c1-4(11-12-7(9)10)5-2-3-6(8)13-5/h2-3H,1H3,(H4,9,10,12)/b11-4-. The van der Waals surface area contributed by atoms with Crippen LogP contribution in [-0.2, 0) is 0 Å². The molecule has 4 N–H and O–H groups in total. The number of nitrogens with zero attached hydrogens (tertiary/aromatic N) is 2. The Bertz CT molecular complexity index is 351. The van der Waals surface area contributed by atoms with Crippen LogP contribution in [0, 0.1) is 0 Å². The Kier molecular flexibility index (Phi) is 3.44. The van der Waals surface area contributed by atoms with E-state index in [1.807, 2.05) is 19.1 Å². The summed E-state index contributed by atoms with van der Waals surface area (Å²) in [6.45, 7) is 1.85. The van der Waals surface area contributed by atoms with E-state index < -0.39 is 0 Å². The zero-order valence-electron chi connectivity index (χ0n) is 6.99. The maximum absolute atomic E-state index is 5.14. The molecular formula is C7H9BrN4S. The molecule has 0 saturated heterocycles. The van der Waals surface area contributed by atoms with E-state index in [9.17, 15) is 0 Å². The summed E-state index contributed by atoms with van der Waals surface area (Å²) < 4.78 is 1.06. The number of hydrogen-bond donors (Lipinski definition) is 2. The Morgan fingerprint density at radius 2 is 2.08 bits per heavy atom. The Morgan fingerprint density at radius 1 is 1.38 bits per heavy atom. The van der Waals surface area contributed by atoms with E-state index in [0.29, 0.717) is 0 Å². The van der Waals surface area contributed by atoms with Crippen molar-refractivity contribution in [3.63, 3.8) is 0 Å².